The number of rotatable bonds is 10. The molecule has 1 aromatic heterocycles. The molecule has 0 aliphatic heterocycles. The second-order valence-corrected chi connectivity index (χ2v) is 6.48. The highest BCUT2D eigenvalue weighted by Crippen LogP contribution is 2.29. The van der Waals surface area contributed by atoms with Gasteiger partial charge in [0.2, 0.25) is 0 Å². The lowest BCUT2D eigenvalue weighted by molar-refractivity contribution is 0.230. The van der Waals surface area contributed by atoms with E-state index in [-0.39, 0.29) is 5.54 Å². The summed E-state index contributed by atoms with van der Waals surface area (Å²) < 4.78 is 2.14. The van der Waals surface area contributed by atoms with Crippen LogP contribution in [0, 0.1) is 0 Å². The lowest BCUT2D eigenvalue weighted by atomic mass is 9.90. The maximum absolute atomic E-state index is 4.46. The maximum Gasteiger partial charge on any atom is 0.0855 e. The molecule has 116 valence electrons. The van der Waals surface area contributed by atoms with Crippen LogP contribution in [0.4, 0.5) is 0 Å². The number of unbranched alkanes of at least 4 members (excludes halogenated alkanes) is 2. The fourth-order valence-electron chi connectivity index (χ4n) is 2.87. The Morgan fingerprint density at radius 1 is 1.10 bits per heavy atom. The van der Waals surface area contributed by atoms with Crippen LogP contribution in [-0.2, 0) is 5.54 Å². The first-order valence-electron chi connectivity index (χ1n) is 8.50. The summed E-state index contributed by atoms with van der Waals surface area (Å²) in [4.78, 5) is 0. The van der Waals surface area contributed by atoms with Crippen molar-refractivity contribution in [2.24, 2.45) is 0 Å². The van der Waals surface area contributed by atoms with Gasteiger partial charge < -0.3 is 0 Å². The van der Waals surface area contributed by atoms with Gasteiger partial charge in [0.25, 0.3) is 0 Å². The van der Waals surface area contributed by atoms with E-state index >= 15 is 0 Å². The van der Waals surface area contributed by atoms with Crippen molar-refractivity contribution in [3.05, 3.63) is 11.9 Å². The van der Waals surface area contributed by atoms with E-state index in [9.17, 15) is 0 Å². The predicted octanol–water partition coefficient (Wildman–Crippen LogP) is 5.28. The molecule has 0 aliphatic carbocycles. The lowest BCUT2D eigenvalue weighted by Crippen LogP contribution is -2.30. The summed E-state index contributed by atoms with van der Waals surface area (Å²) in [6.07, 6.45) is 12.0. The molecule has 0 radical (unpaired) electrons. The van der Waals surface area contributed by atoms with Crippen LogP contribution in [0.25, 0.3) is 0 Å². The minimum atomic E-state index is 0.139. The zero-order chi connectivity index (χ0) is 15.0. The smallest absolute Gasteiger partial charge is 0.0855 e. The van der Waals surface area contributed by atoms with Crippen LogP contribution in [0.5, 0.6) is 0 Å². The van der Waals surface area contributed by atoms with Gasteiger partial charge in [-0.25, -0.2) is 4.68 Å². The van der Waals surface area contributed by atoms with E-state index in [1.54, 1.807) is 0 Å². The second kappa shape index (κ2) is 8.43. The fourth-order valence-corrected chi connectivity index (χ4v) is 2.87. The van der Waals surface area contributed by atoms with Crippen LogP contribution < -0.4 is 0 Å². The molecule has 0 N–H and O–H groups in total. The summed E-state index contributed by atoms with van der Waals surface area (Å²) in [6.45, 7) is 11.4. The average Bonchev–Trinajstić information content (AvgIpc) is 2.93. The molecule has 2 unspecified atom stereocenters. The highest BCUT2D eigenvalue weighted by molar-refractivity contribution is 5.02. The van der Waals surface area contributed by atoms with Crippen molar-refractivity contribution < 1.29 is 0 Å². The Hall–Kier alpha value is -0.860. The van der Waals surface area contributed by atoms with Gasteiger partial charge in [-0.3, -0.25) is 0 Å². The summed E-state index contributed by atoms with van der Waals surface area (Å²) in [6, 6.07) is 0. The predicted molar refractivity (Wildman–Crippen MR) is 86.0 cm³/mol. The quantitative estimate of drug-likeness (QED) is 0.583. The van der Waals surface area contributed by atoms with Crippen LogP contribution in [0.2, 0.25) is 0 Å². The highest BCUT2D eigenvalue weighted by Gasteiger charge is 2.27. The molecule has 0 aliphatic rings. The molecule has 0 amide bonds. The van der Waals surface area contributed by atoms with Crippen molar-refractivity contribution >= 4 is 0 Å². The molecule has 0 spiro atoms. The molecule has 3 nitrogen and oxygen atoms in total. The summed E-state index contributed by atoms with van der Waals surface area (Å²) in [5.74, 6) is 0.528. The summed E-state index contributed by atoms with van der Waals surface area (Å²) in [7, 11) is 0. The molecule has 1 rings (SSSR count). The van der Waals surface area contributed by atoms with Gasteiger partial charge in [-0.2, -0.15) is 0 Å². The Morgan fingerprint density at radius 2 is 1.80 bits per heavy atom. The van der Waals surface area contributed by atoms with Gasteiger partial charge in [-0.1, -0.05) is 65.0 Å². The SMILES string of the molecule is CCCCC(C)c1cn(C(C)(CCC)CCCC)nn1. The van der Waals surface area contributed by atoms with Gasteiger partial charge in [-0.15, -0.1) is 5.10 Å². The molecule has 0 saturated carbocycles. The van der Waals surface area contributed by atoms with Gasteiger partial charge in [0.05, 0.1) is 11.2 Å². The number of nitrogens with zero attached hydrogens (tertiary/aromatic N) is 3. The van der Waals surface area contributed by atoms with Crippen molar-refractivity contribution in [1.82, 2.24) is 15.0 Å². The Balaban J connectivity index is 2.79. The minimum Gasteiger partial charge on any atom is -0.246 e. The standard InChI is InChI=1S/C17H33N3/c1-6-9-11-15(4)16-14-20(19-18-16)17(5,12-8-3)13-10-7-2/h14-15H,6-13H2,1-5H3. The van der Waals surface area contributed by atoms with E-state index in [4.69, 9.17) is 0 Å². The van der Waals surface area contributed by atoms with Crippen molar-refractivity contribution in [3.63, 3.8) is 0 Å². The van der Waals surface area contributed by atoms with E-state index in [0.717, 1.165) is 5.69 Å². The Morgan fingerprint density at radius 3 is 2.40 bits per heavy atom. The molecule has 0 saturated heterocycles. The van der Waals surface area contributed by atoms with Gasteiger partial charge in [0.1, 0.15) is 0 Å². The molecule has 1 aromatic rings. The summed E-state index contributed by atoms with van der Waals surface area (Å²) >= 11 is 0. The largest absolute Gasteiger partial charge is 0.246 e. The van der Waals surface area contributed by atoms with Crippen molar-refractivity contribution in [1.29, 1.82) is 0 Å². The van der Waals surface area contributed by atoms with Crippen LogP contribution in [0.1, 0.15) is 97.6 Å². The van der Waals surface area contributed by atoms with E-state index in [0.29, 0.717) is 5.92 Å². The number of aromatic nitrogens is 3. The fraction of sp³-hybridized carbons (Fsp3) is 0.882. The van der Waals surface area contributed by atoms with E-state index in [1.165, 1.54) is 51.4 Å². The third-order valence-corrected chi connectivity index (χ3v) is 4.42. The van der Waals surface area contributed by atoms with E-state index in [2.05, 4.69) is 55.8 Å². The van der Waals surface area contributed by atoms with E-state index in [1.807, 2.05) is 0 Å². The Kier molecular flexibility index (Phi) is 7.25. The van der Waals surface area contributed by atoms with Gasteiger partial charge in [0, 0.05) is 12.1 Å². The molecular weight excluding hydrogens is 246 g/mol. The average molecular weight is 279 g/mol. The number of hydrogen-bond acceptors (Lipinski definition) is 2. The molecule has 20 heavy (non-hydrogen) atoms. The van der Waals surface area contributed by atoms with Crippen molar-refractivity contribution in [2.75, 3.05) is 0 Å². The molecule has 2 atom stereocenters. The first kappa shape index (κ1) is 17.2. The second-order valence-electron chi connectivity index (χ2n) is 6.48. The topological polar surface area (TPSA) is 30.7 Å². The normalized spacial score (nSPS) is 16.1. The first-order valence-corrected chi connectivity index (χ1v) is 8.50. The van der Waals surface area contributed by atoms with Gasteiger partial charge in [-0.05, 0) is 26.2 Å². The zero-order valence-electron chi connectivity index (χ0n) is 14.2. The zero-order valence-corrected chi connectivity index (χ0v) is 14.2. The lowest BCUT2D eigenvalue weighted by Gasteiger charge is -2.29. The van der Waals surface area contributed by atoms with Crippen molar-refractivity contribution in [3.8, 4) is 0 Å². The molecular formula is C17H33N3. The van der Waals surface area contributed by atoms with Crippen LogP contribution in [-0.4, -0.2) is 15.0 Å². The molecule has 1 heterocycles. The van der Waals surface area contributed by atoms with Crippen LogP contribution in [0.15, 0.2) is 6.20 Å². The summed E-state index contributed by atoms with van der Waals surface area (Å²) in [5, 5.41) is 8.89. The molecule has 0 fully saturated rings. The number of hydrogen-bond donors (Lipinski definition) is 0. The minimum absolute atomic E-state index is 0.139. The maximum atomic E-state index is 4.46. The Bertz CT molecular complexity index is 372. The van der Waals surface area contributed by atoms with Crippen LogP contribution >= 0.6 is 0 Å². The van der Waals surface area contributed by atoms with Crippen molar-refractivity contribution in [2.45, 2.75) is 97.4 Å². The Labute approximate surface area is 125 Å². The monoisotopic (exact) mass is 279 g/mol. The highest BCUT2D eigenvalue weighted by atomic mass is 15.4. The third-order valence-electron chi connectivity index (χ3n) is 4.42. The van der Waals surface area contributed by atoms with Gasteiger partial charge >= 0.3 is 0 Å². The molecule has 0 aromatic carbocycles. The summed E-state index contributed by atoms with van der Waals surface area (Å²) in [5.41, 5.74) is 1.30. The van der Waals surface area contributed by atoms with E-state index < -0.39 is 0 Å². The molecule has 0 bridgehead atoms. The van der Waals surface area contributed by atoms with Crippen LogP contribution in [0.3, 0.4) is 0 Å². The first-order chi connectivity index (χ1) is 9.57. The van der Waals surface area contributed by atoms with Gasteiger partial charge in [0.15, 0.2) is 0 Å². The molecule has 3 heteroatoms. The third kappa shape index (κ3) is 4.60.